The van der Waals surface area contributed by atoms with Crippen molar-refractivity contribution < 1.29 is 4.79 Å². The normalized spacial score (nSPS) is 11.2. The third-order valence-corrected chi connectivity index (χ3v) is 4.09. The number of hydrogen-bond acceptors (Lipinski definition) is 3. The maximum atomic E-state index is 12.4. The second kappa shape index (κ2) is 5.49. The Morgan fingerprint density at radius 1 is 1.12 bits per heavy atom. The number of pyridine rings is 2. The number of carbonyl (C=O) groups excluding carboxylic acids is 1. The van der Waals surface area contributed by atoms with Gasteiger partial charge < -0.3 is 14.1 Å². The van der Waals surface area contributed by atoms with E-state index in [0.29, 0.717) is 12.2 Å². The molecule has 6 heteroatoms. The Morgan fingerprint density at radius 3 is 2.79 bits per heavy atom. The summed E-state index contributed by atoms with van der Waals surface area (Å²) >= 11 is 0. The van der Waals surface area contributed by atoms with Crippen molar-refractivity contribution in [2.75, 3.05) is 0 Å². The number of aryl methyl sites for hydroxylation is 2. The molecule has 1 N–H and O–H groups in total. The number of hydrogen-bond donors (Lipinski definition) is 1. The fraction of sp³-hybridized carbons (Fsp3) is 0.167. The van der Waals surface area contributed by atoms with Crippen molar-refractivity contribution in [3.05, 3.63) is 71.6 Å². The van der Waals surface area contributed by atoms with Gasteiger partial charge in [-0.15, -0.1) is 0 Å². The molecule has 4 aromatic heterocycles. The third-order valence-electron chi connectivity index (χ3n) is 4.09. The first kappa shape index (κ1) is 14.4. The summed E-state index contributed by atoms with van der Waals surface area (Å²) in [7, 11) is 0. The largest absolute Gasteiger partial charge is 0.345 e. The van der Waals surface area contributed by atoms with Crippen LogP contribution >= 0.6 is 0 Å². The highest BCUT2D eigenvalue weighted by Crippen LogP contribution is 2.11. The molecule has 4 rings (SSSR count). The van der Waals surface area contributed by atoms with Crippen LogP contribution in [0.4, 0.5) is 0 Å². The highest BCUT2D eigenvalue weighted by atomic mass is 16.1. The fourth-order valence-electron chi connectivity index (χ4n) is 2.81. The molecule has 0 bridgehead atoms. The third kappa shape index (κ3) is 2.42. The smallest absolute Gasteiger partial charge is 0.271 e. The molecule has 0 aromatic carbocycles. The molecule has 0 saturated carbocycles. The average Bonchev–Trinajstić information content (AvgIpc) is 3.18. The standard InChI is InChI=1S/C18H17N5O/c1-12-5-4-8-22-10-14(20-17(12)22)9-19-18(24)15-11-23-13(2)6-3-7-16(23)21-15/h3-8,10-11H,9H2,1-2H3,(H,19,24). The van der Waals surface area contributed by atoms with Gasteiger partial charge >= 0.3 is 0 Å². The van der Waals surface area contributed by atoms with Gasteiger partial charge in [-0.1, -0.05) is 12.1 Å². The Morgan fingerprint density at radius 2 is 2.00 bits per heavy atom. The lowest BCUT2D eigenvalue weighted by molar-refractivity contribution is 0.0946. The molecule has 4 heterocycles. The van der Waals surface area contributed by atoms with E-state index in [9.17, 15) is 4.79 Å². The summed E-state index contributed by atoms with van der Waals surface area (Å²) in [5.74, 6) is -0.202. The molecule has 0 spiro atoms. The zero-order chi connectivity index (χ0) is 16.7. The van der Waals surface area contributed by atoms with Gasteiger partial charge in [0.05, 0.1) is 12.2 Å². The lowest BCUT2D eigenvalue weighted by Gasteiger charge is -1.99. The van der Waals surface area contributed by atoms with E-state index in [0.717, 1.165) is 28.2 Å². The van der Waals surface area contributed by atoms with Gasteiger partial charge in [-0.3, -0.25) is 4.79 Å². The fourth-order valence-corrected chi connectivity index (χ4v) is 2.81. The second-order valence-electron chi connectivity index (χ2n) is 5.86. The first-order chi connectivity index (χ1) is 11.6. The molecule has 0 fully saturated rings. The first-order valence-electron chi connectivity index (χ1n) is 7.78. The van der Waals surface area contributed by atoms with Crippen LogP contribution in [-0.2, 0) is 6.54 Å². The molecule has 0 aliphatic carbocycles. The van der Waals surface area contributed by atoms with Gasteiger partial charge in [-0.05, 0) is 37.6 Å². The van der Waals surface area contributed by atoms with E-state index in [1.165, 1.54) is 0 Å². The van der Waals surface area contributed by atoms with Crippen LogP contribution in [0.3, 0.4) is 0 Å². The Bertz CT molecular complexity index is 1060. The van der Waals surface area contributed by atoms with Crippen molar-refractivity contribution in [2.24, 2.45) is 0 Å². The molecule has 6 nitrogen and oxygen atoms in total. The van der Waals surface area contributed by atoms with Crippen molar-refractivity contribution in [3.8, 4) is 0 Å². The van der Waals surface area contributed by atoms with Crippen LogP contribution in [0.2, 0.25) is 0 Å². The summed E-state index contributed by atoms with van der Waals surface area (Å²) in [6.07, 6.45) is 5.63. The summed E-state index contributed by atoms with van der Waals surface area (Å²) in [4.78, 5) is 21.3. The quantitative estimate of drug-likeness (QED) is 0.631. The number of imidazole rings is 2. The van der Waals surface area contributed by atoms with Gasteiger partial charge in [0.15, 0.2) is 0 Å². The van der Waals surface area contributed by atoms with Crippen molar-refractivity contribution in [3.63, 3.8) is 0 Å². The van der Waals surface area contributed by atoms with E-state index in [1.807, 2.05) is 65.4 Å². The van der Waals surface area contributed by atoms with E-state index in [1.54, 1.807) is 6.20 Å². The van der Waals surface area contributed by atoms with Gasteiger partial charge in [-0.25, -0.2) is 9.97 Å². The molecule has 0 radical (unpaired) electrons. The Kier molecular flexibility index (Phi) is 3.30. The monoisotopic (exact) mass is 319 g/mol. The molecule has 120 valence electrons. The van der Waals surface area contributed by atoms with Crippen molar-refractivity contribution in [2.45, 2.75) is 20.4 Å². The molecule has 0 aliphatic heterocycles. The second-order valence-corrected chi connectivity index (χ2v) is 5.86. The molecule has 0 unspecified atom stereocenters. The minimum Gasteiger partial charge on any atom is -0.345 e. The van der Waals surface area contributed by atoms with Gasteiger partial charge in [-0.2, -0.15) is 0 Å². The molecule has 0 atom stereocenters. The summed E-state index contributed by atoms with van der Waals surface area (Å²) < 4.78 is 3.87. The summed E-state index contributed by atoms with van der Waals surface area (Å²) in [5, 5.41) is 2.89. The van der Waals surface area contributed by atoms with Gasteiger partial charge in [0, 0.05) is 24.3 Å². The Balaban J connectivity index is 1.54. The topological polar surface area (TPSA) is 63.7 Å². The van der Waals surface area contributed by atoms with Crippen LogP contribution < -0.4 is 5.32 Å². The number of fused-ring (bicyclic) bond motifs is 2. The molecular formula is C18H17N5O. The number of nitrogens with one attached hydrogen (secondary N) is 1. The van der Waals surface area contributed by atoms with Gasteiger partial charge in [0.2, 0.25) is 0 Å². The minimum absolute atomic E-state index is 0.202. The lowest BCUT2D eigenvalue weighted by atomic mass is 10.3. The van der Waals surface area contributed by atoms with Gasteiger partial charge in [0.25, 0.3) is 5.91 Å². The zero-order valence-corrected chi connectivity index (χ0v) is 13.5. The molecule has 0 saturated heterocycles. The maximum absolute atomic E-state index is 12.4. The van der Waals surface area contributed by atoms with Crippen LogP contribution in [0.5, 0.6) is 0 Å². The van der Waals surface area contributed by atoms with Crippen LogP contribution in [0, 0.1) is 13.8 Å². The van der Waals surface area contributed by atoms with E-state index < -0.39 is 0 Å². The predicted octanol–water partition coefficient (Wildman–Crippen LogP) is 2.53. The molecule has 1 amide bonds. The van der Waals surface area contributed by atoms with E-state index >= 15 is 0 Å². The van der Waals surface area contributed by atoms with Crippen LogP contribution in [-0.4, -0.2) is 24.7 Å². The van der Waals surface area contributed by atoms with E-state index in [2.05, 4.69) is 15.3 Å². The van der Waals surface area contributed by atoms with E-state index in [4.69, 9.17) is 0 Å². The number of nitrogens with zero attached hydrogens (tertiary/aromatic N) is 4. The number of rotatable bonds is 3. The molecule has 4 aromatic rings. The SMILES string of the molecule is Cc1cccn2cc(CNC(=O)c3cn4c(C)cccc4n3)nc12. The van der Waals surface area contributed by atoms with Gasteiger partial charge in [0.1, 0.15) is 17.0 Å². The lowest BCUT2D eigenvalue weighted by Crippen LogP contribution is -2.23. The van der Waals surface area contributed by atoms with E-state index in [-0.39, 0.29) is 5.91 Å². The molecule has 0 aliphatic rings. The summed E-state index contributed by atoms with van der Waals surface area (Å²) in [5.41, 5.74) is 5.04. The highest BCUT2D eigenvalue weighted by Gasteiger charge is 2.12. The number of aromatic nitrogens is 4. The zero-order valence-electron chi connectivity index (χ0n) is 13.5. The van der Waals surface area contributed by atoms with Crippen molar-refractivity contribution in [1.29, 1.82) is 0 Å². The minimum atomic E-state index is -0.202. The van der Waals surface area contributed by atoms with Crippen LogP contribution in [0.15, 0.2) is 48.9 Å². The maximum Gasteiger partial charge on any atom is 0.271 e. The molecule has 24 heavy (non-hydrogen) atoms. The highest BCUT2D eigenvalue weighted by molar-refractivity contribution is 5.92. The average molecular weight is 319 g/mol. The Labute approximate surface area is 138 Å². The van der Waals surface area contributed by atoms with Crippen LogP contribution in [0.1, 0.15) is 27.4 Å². The summed E-state index contributed by atoms with van der Waals surface area (Å²) in [6.45, 7) is 4.37. The van der Waals surface area contributed by atoms with Crippen molar-refractivity contribution >= 4 is 17.2 Å². The molecular weight excluding hydrogens is 302 g/mol. The van der Waals surface area contributed by atoms with Crippen molar-refractivity contribution in [1.82, 2.24) is 24.1 Å². The summed E-state index contributed by atoms with van der Waals surface area (Å²) in [6, 6.07) is 9.79. The number of carbonyl (C=O) groups is 1. The first-order valence-corrected chi connectivity index (χ1v) is 7.78. The Hall–Kier alpha value is -3.15. The van der Waals surface area contributed by atoms with Crippen LogP contribution in [0.25, 0.3) is 11.3 Å². The predicted molar refractivity (Wildman–Crippen MR) is 91.0 cm³/mol. The number of amides is 1.